The van der Waals surface area contributed by atoms with E-state index in [0.717, 1.165) is 18.9 Å². The third-order valence-electron chi connectivity index (χ3n) is 4.43. The third-order valence-corrected chi connectivity index (χ3v) is 4.43. The number of nitrogens with zero attached hydrogens (tertiary/aromatic N) is 1. The van der Waals surface area contributed by atoms with Crippen molar-refractivity contribution in [1.82, 2.24) is 4.90 Å². The minimum atomic E-state index is 0.384. The number of aromatic hydroxyl groups is 1. The van der Waals surface area contributed by atoms with Crippen molar-refractivity contribution in [2.45, 2.75) is 31.7 Å². The van der Waals surface area contributed by atoms with E-state index in [9.17, 15) is 5.11 Å². The maximum atomic E-state index is 9.40. The highest BCUT2D eigenvalue weighted by Gasteiger charge is 2.57. The van der Waals surface area contributed by atoms with Crippen LogP contribution in [0.15, 0.2) is 24.3 Å². The Hall–Kier alpha value is -1.02. The van der Waals surface area contributed by atoms with Crippen LogP contribution in [0, 0.1) is 5.92 Å². The molecule has 1 saturated carbocycles. The van der Waals surface area contributed by atoms with Gasteiger partial charge in [-0.3, -0.25) is 4.90 Å². The molecule has 1 aromatic rings. The first-order valence-electron chi connectivity index (χ1n) is 6.21. The topological polar surface area (TPSA) is 23.5 Å². The van der Waals surface area contributed by atoms with Crippen LogP contribution in [0.4, 0.5) is 0 Å². The van der Waals surface area contributed by atoms with E-state index >= 15 is 0 Å². The van der Waals surface area contributed by atoms with Gasteiger partial charge in [0, 0.05) is 12.1 Å². The number of hydrogen-bond acceptors (Lipinski definition) is 2. The fourth-order valence-corrected chi connectivity index (χ4v) is 3.15. The van der Waals surface area contributed by atoms with E-state index in [2.05, 4.69) is 17.9 Å². The van der Waals surface area contributed by atoms with Crippen molar-refractivity contribution in [1.29, 1.82) is 0 Å². The van der Waals surface area contributed by atoms with Crippen molar-refractivity contribution in [3.63, 3.8) is 0 Å². The molecule has 2 aliphatic rings. The highest BCUT2D eigenvalue weighted by molar-refractivity contribution is 5.27. The van der Waals surface area contributed by atoms with Crippen molar-refractivity contribution in [2.24, 2.45) is 5.92 Å². The number of phenols is 1. The molecule has 0 aromatic heterocycles. The summed E-state index contributed by atoms with van der Waals surface area (Å²) in [5.74, 6) is 1.35. The molecule has 86 valence electrons. The Morgan fingerprint density at radius 1 is 1.50 bits per heavy atom. The number of phenolic OH excluding ortho intramolecular Hbond substituents is 1. The number of benzene rings is 1. The van der Waals surface area contributed by atoms with E-state index in [0.29, 0.717) is 11.3 Å². The van der Waals surface area contributed by atoms with Gasteiger partial charge in [-0.1, -0.05) is 12.1 Å². The van der Waals surface area contributed by atoms with Crippen LogP contribution in [-0.2, 0) is 6.42 Å². The largest absolute Gasteiger partial charge is 0.508 e. The second-order valence-corrected chi connectivity index (χ2v) is 5.45. The second-order valence-electron chi connectivity index (χ2n) is 5.45. The molecule has 1 aliphatic heterocycles. The standard InChI is InChI=1S/C14H19NO/c1-14-10-12(14)6-8-15(14)7-5-11-3-2-4-13(16)9-11/h2-4,9,12,16H,5-8,10H2,1H3/t12-,14+/m1/s1. The second kappa shape index (κ2) is 3.49. The molecule has 2 fully saturated rings. The molecule has 1 saturated heterocycles. The Balaban J connectivity index is 1.61. The van der Waals surface area contributed by atoms with Gasteiger partial charge in [-0.05, 0) is 56.3 Å². The molecule has 2 heteroatoms. The molecule has 1 heterocycles. The van der Waals surface area contributed by atoms with Crippen LogP contribution in [0.3, 0.4) is 0 Å². The Morgan fingerprint density at radius 2 is 2.38 bits per heavy atom. The molecule has 1 aromatic carbocycles. The van der Waals surface area contributed by atoms with E-state index in [1.165, 1.54) is 24.9 Å². The van der Waals surface area contributed by atoms with Crippen molar-refractivity contribution < 1.29 is 5.11 Å². The number of fused-ring (bicyclic) bond motifs is 1. The molecule has 1 aliphatic carbocycles. The lowest BCUT2D eigenvalue weighted by Gasteiger charge is -2.24. The fraction of sp³-hybridized carbons (Fsp3) is 0.571. The molecule has 2 atom stereocenters. The normalized spacial score (nSPS) is 32.7. The van der Waals surface area contributed by atoms with Crippen LogP contribution in [0.2, 0.25) is 0 Å². The van der Waals surface area contributed by atoms with Gasteiger partial charge >= 0.3 is 0 Å². The van der Waals surface area contributed by atoms with E-state index in [-0.39, 0.29) is 0 Å². The molecule has 1 N–H and O–H groups in total. The van der Waals surface area contributed by atoms with Gasteiger partial charge in [0.2, 0.25) is 0 Å². The van der Waals surface area contributed by atoms with Crippen molar-refractivity contribution in [2.75, 3.05) is 13.1 Å². The fourth-order valence-electron chi connectivity index (χ4n) is 3.15. The monoisotopic (exact) mass is 217 g/mol. The quantitative estimate of drug-likeness (QED) is 0.840. The summed E-state index contributed by atoms with van der Waals surface area (Å²) >= 11 is 0. The molecular formula is C14H19NO. The Bertz CT molecular complexity index is 401. The Labute approximate surface area is 96.9 Å². The van der Waals surface area contributed by atoms with E-state index < -0.39 is 0 Å². The van der Waals surface area contributed by atoms with Crippen LogP contribution in [-0.4, -0.2) is 28.6 Å². The summed E-state index contributed by atoms with van der Waals surface area (Å²) < 4.78 is 0. The minimum absolute atomic E-state index is 0.384. The smallest absolute Gasteiger partial charge is 0.115 e. The molecule has 16 heavy (non-hydrogen) atoms. The molecule has 0 spiro atoms. The first kappa shape index (κ1) is 10.2. The van der Waals surface area contributed by atoms with Gasteiger partial charge < -0.3 is 5.11 Å². The van der Waals surface area contributed by atoms with Crippen LogP contribution in [0.1, 0.15) is 25.3 Å². The lowest BCUT2D eigenvalue weighted by Crippen LogP contribution is -2.33. The van der Waals surface area contributed by atoms with Gasteiger partial charge in [0.25, 0.3) is 0 Å². The van der Waals surface area contributed by atoms with Gasteiger partial charge in [-0.25, -0.2) is 0 Å². The predicted octanol–water partition coefficient (Wildman–Crippen LogP) is 2.42. The molecule has 2 nitrogen and oxygen atoms in total. The highest BCUT2D eigenvalue weighted by Crippen LogP contribution is 2.55. The summed E-state index contributed by atoms with van der Waals surface area (Å²) in [5, 5.41) is 9.40. The van der Waals surface area contributed by atoms with Crippen LogP contribution in [0.5, 0.6) is 5.75 Å². The SMILES string of the molecule is C[C@]12C[C@H]1CCN2CCc1cccc(O)c1. The zero-order valence-electron chi connectivity index (χ0n) is 9.82. The summed E-state index contributed by atoms with van der Waals surface area (Å²) in [4.78, 5) is 2.63. The number of piperidine rings is 1. The lowest BCUT2D eigenvalue weighted by molar-refractivity contribution is 0.228. The lowest BCUT2D eigenvalue weighted by atomic mass is 10.1. The van der Waals surface area contributed by atoms with Gasteiger partial charge in [-0.2, -0.15) is 0 Å². The van der Waals surface area contributed by atoms with Crippen LogP contribution in [0.25, 0.3) is 0 Å². The maximum Gasteiger partial charge on any atom is 0.115 e. The molecule has 0 bridgehead atoms. The summed E-state index contributed by atoms with van der Waals surface area (Å²) in [6.07, 6.45) is 3.83. The van der Waals surface area contributed by atoms with Crippen LogP contribution < -0.4 is 0 Å². The number of rotatable bonds is 3. The maximum absolute atomic E-state index is 9.40. The van der Waals surface area contributed by atoms with Gasteiger partial charge in [-0.15, -0.1) is 0 Å². The number of likely N-dealkylation sites (tertiary alicyclic amines) is 1. The van der Waals surface area contributed by atoms with Crippen molar-refractivity contribution >= 4 is 0 Å². The molecule has 0 radical (unpaired) electrons. The average Bonchev–Trinajstić information content (AvgIpc) is 2.82. The van der Waals surface area contributed by atoms with Crippen molar-refractivity contribution in [3.05, 3.63) is 29.8 Å². The molecule has 0 amide bonds. The first-order valence-corrected chi connectivity index (χ1v) is 6.21. The molecular weight excluding hydrogens is 198 g/mol. The minimum Gasteiger partial charge on any atom is -0.508 e. The summed E-state index contributed by atoms with van der Waals surface area (Å²) in [5.41, 5.74) is 1.77. The average molecular weight is 217 g/mol. The molecule has 3 rings (SSSR count). The third kappa shape index (κ3) is 1.61. The van der Waals surface area contributed by atoms with Crippen molar-refractivity contribution in [3.8, 4) is 5.75 Å². The van der Waals surface area contributed by atoms with E-state index in [1.54, 1.807) is 6.07 Å². The van der Waals surface area contributed by atoms with Crippen LogP contribution >= 0.6 is 0 Å². The van der Waals surface area contributed by atoms with E-state index in [4.69, 9.17) is 0 Å². The Kier molecular flexibility index (Phi) is 2.21. The van der Waals surface area contributed by atoms with E-state index in [1.807, 2.05) is 12.1 Å². The number of hydrogen-bond donors (Lipinski definition) is 1. The first-order chi connectivity index (χ1) is 7.68. The van der Waals surface area contributed by atoms with Gasteiger partial charge in [0.1, 0.15) is 5.75 Å². The van der Waals surface area contributed by atoms with Gasteiger partial charge in [0.15, 0.2) is 0 Å². The summed E-state index contributed by atoms with van der Waals surface area (Å²) in [6, 6.07) is 7.64. The summed E-state index contributed by atoms with van der Waals surface area (Å²) in [6.45, 7) is 4.80. The highest BCUT2D eigenvalue weighted by atomic mass is 16.3. The zero-order valence-corrected chi connectivity index (χ0v) is 9.82. The van der Waals surface area contributed by atoms with Gasteiger partial charge in [0.05, 0.1) is 0 Å². The Morgan fingerprint density at radius 3 is 3.00 bits per heavy atom. The summed E-state index contributed by atoms with van der Waals surface area (Å²) in [7, 11) is 0. The zero-order chi connectivity index (χ0) is 11.2. The predicted molar refractivity (Wildman–Crippen MR) is 64.5 cm³/mol. The molecule has 0 unspecified atom stereocenters.